The van der Waals surface area contributed by atoms with E-state index in [1.54, 1.807) is 0 Å². The molecule has 0 radical (unpaired) electrons. The monoisotopic (exact) mass is 211 g/mol. The summed E-state index contributed by atoms with van der Waals surface area (Å²) in [7, 11) is 0. The number of nitrogens with zero attached hydrogens (tertiary/aromatic N) is 1. The van der Waals surface area contributed by atoms with Crippen LogP contribution in [-0.4, -0.2) is 25.0 Å². The third kappa shape index (κ3) is 7.95. The number of nitrogens with one attached hydrogen (secondary N) is 2. The van der Waals surface area contributed by atoms with Gasteiger partial charge in [0, 0.05) is 13.0 Å². The molecule has 0 aliphatic heterocycles. The van der Waals surface area contributed by atoms with E-state index in [-0.39, 0.29) is 11.9 Å². The minimum Gasteiger partial charge on any atom is -0.354 e. The molecule has 0 heterocycles. The summed E-state index contributed by atoms with van der Waals surface area (Å²) < 4.78 is 0. The van der Waals surface area contributed by atoms with E-state index < -0.39 is 0 Å². The number of carbonyl (C=O) groups excluding carboxylic acids is 1. The maximum atomic E-state index is 11.5. The van der Waals surface area contributed by atoms with Gasteiger partial charge in [0.15, 0.2) is 0 Å². The first-order valence-corrected chi connectivity index (χ1v) is 5.46. The summed E-state index contributed by atoms with van der Waals surface area (Å²) in [6.07, 6.45) is 1.33. The number of nitriles is 1. The SMILES string of the molecule is CC(C)CNC(=O)C(C)NCCCC#N. The van der Waals surface area contributed by atoms with Crippen LogP contribution in [-0.2, 0) is 4.79 Å². The lowest BCUT2D eigenvalue weighted by molar-refractivity contribution is -0.122. The van der Waals surface area contributed by atoms with Gasteiger partial charge in [0.1, 0.15) is 0 Å². The fourth-order valence-corrected chi connectivity index (χ4v) is 1.04. The molecule has 0 bridgehead atoms. The van der Waals surface area contributed by atoms with E-state index in [1.165, 1.54) is 0 Å². The van der Waals surface area contributed by atoms with Gasteiger partial charge in [-0.05, 0) is 25.8 Å². The first-order valence-electron chi connectivity index (χ1n) is 5.46. The summed E-state index contributed by atoms with van der Waals surface area (Å²) >= 11 is 0. The van der Waals surface area contributed by atoms with E-state index in [2.05, 4.69) is 30.6 Å². The number of unbranched alkanes of at least 4 members (excludes halogenated alkanes) is 1. The topological polar surface area (TPSA) is 64.9 Å². The molecule has 0 aliphatic carbocycles. The second-order valence-electron chi connectivity index (χ2n) is 4.08. The van der Waals surface area contributed by atoms with Crippen LogP contribution < -0.4 is 10.6 Å². The highest BCUT2D eigenvalue weighted by Crippen LogP contribution is 1.90. The fourth-order valence-electron chi connectivity index (χ4n) is 1.04. The van der Waals surface area contributed by atoms with Gasteiger partial charge in [-0.2, -0.15) is 5.26 Å². The summed E-state index contributed by atoms with van der Waals surface area (Å²) in [5.74, 6) is 0.500. The van der Waals surface area contributed by atoms with Gasteiger partial charge >= 0.3 is 0 Å². The summed E-state index contributed by atoms with van der Waals surface area (Å²) in [4.78, 5) is 11.5. The zero-order valence-electron chi connectivity index (χ0n) is 9.84. The molecule has 0 aromatic heterocycles. The van der Waals surface area contributed by atoms with Gasteiger partial charge in [0.05, 0.1) is 12.1 Å². The van der Waals surface area contributed by atoms with E-state index in [0.717, 1.165) is 6.42 Å². The number of carbonyl (C=O) groups is 1. The lowest BCUT2D eigenvalue weighted by Crippen LogP contribution is -2.43. The molecule has 0 saturated carbocycles. The largest absolute Gasteiger partial charge is 0.354 e. The van der Waals surface area contributed by atoms with Gasteiger partial charge in [0.25, 0.3) is 0 Å². The molecule has 4 heteroatoms. The van der Waals surface area contributed by atoms with Crippen molar-refractivity contribution in [2.45, 2.75) is 39.7 Å². The van der Waals surface area contributed by atoms with Gasteiger partial charge in [-0.25, -0.2) is 0 Å². The van der Waals surface area contributed by atoms with Gasteiger partial charge < -0.3 is 10.6 Å². The van der Waals surface area contributed by atoms with Gasteiger partial charge in [-0.1, -0.05) is 13.8 Å². The Morgan fingerprint density at radius 3 is 2.60 bits per heavy atom. The lowest BCUT2D eigenvalue weighted by atomic mass is 10.2. The summed E-state index contributed by atoms with van der Waals surface area (Å²) in [5.41, 5.74) is 0. The van der Waals surface area contributed by atoms with E-state index in [9.17, 15) is 4.79 Å². The van der Waals surface area contributed by atoms with Crippen LogP contribution in [0.3, 0.4) is 0 Å². The zero-order valence-corrected chi connectivity index (χ0v) is 9.84. The molecule has 1 unspecified atom stereocenters. The number of hydrogen-bond acceptors (Lipinski definition) is 3. The first-order chi connectivity index (χ1) is 7.07. The average Bonchev–Trinajstić information content (AvgIpc) is 2.20. The van der Waals surface area contributed by atoms with Crippen molar-refractivity contribution in [3.05, 3.63) is 0 Å². The van der Waals surface area contributed by atoms with Crippen molar-refractivity contribution in [2.75, 3.05) is 13.1 Å². The molecule has 0 saturated heterocycles. The highest BCUT2D eigenvalue weighted by atomic mass is 16.2. The summed E-state index contributed by atoms with van der Waals surface area (Å²) in [5, 5.41) is 14.3. The van der Waals surface area contributed by atoms with Crippen molar-refractivity contribution in [1.29, 1.82) is 5.26 Å². The molecular weight excluding hydrogens is 190 g/mol. The van der Waals surface area contributed by atoms with Crippen molar-refractivity contribution >= 4 is 5.91 Å². The van der Waals surface area contributed by atoms with Gasteiger partial charge in [-0.15, -0.1) is 0 Å². The maximum absolute atomic E-state index is 11.5. The molecule has 15 heavy (non-hydrogen) atoms. The summed E-state index contributed by atoms with van der Waals surface area (Å²) in [6.45, 7) is 7.38. The van der Waals surface area contributed by atoms with Crippen molar-refractivity contribution in [3.63, 3.8) is 0 Å². The molecule has 0 aliphatic rings. The molecule has 0 rings (SSSR count). The predicted octanol–water partition coefficient (Wildman–Crippen LogP) is 1.04. The van der Waals surface area contributed by atoms with Crippen molar-refractivity contribution < 1.29 is 4.79 Å². The molecule has 86 valence electrons. The van der Waals surface area contributed by atoms with Crippen LogP contribution in [0.25, 0.3) is 0 Å². The Hall–Kier alpha value is -1.08. The van der Waals surface area contributed by atoms with Crippen LogP contribution >= 0.6 is 0 Å². The van der Waals surface area contributed by atoms with Gasteiger partial charge in [-0.3, -0.25) is 4.79 Å². The average molecular weight is 211 g/mol. The molecular formula is C11H21N3O. The highest BCUT2D eigenvalue weighted by molar-refractivity contribution is 5.81. The third-order valence-electron chi connectivity index (χ3n) is 1.99. The highest BCUT2D eigenvalue weighted by Gasteiger charge is 2.10. The first kappa shape index (κ1) is 13.9. The molecule has 0 spiro atoms. The Labute approximate surface area is 92.0 Å². The zero-order chi connectivity index (χ0) is 11.7. The quantitative estimate of drug-likeness (QED) is 0.618. The molecule has 4 nitrogen and oxygen atoms in total. The van der Waals surface area contributed by atoms with Crippen LogP contribution in [0.5, 0.6) is 0 Å². The second-order valence-corrected chi connectivity index (χ2v) is 4.08. The van der Waals surface area contributed by atoms with Crippen LogP contribution in [0.2, 0.25) is 0 Å². The van der Waals surface area contributed by atoms with E-state index in [4.69, 9.17) is 5.26 Å². The second kappa shape index (κ2) is 8.25. The lowest BCUT2D eigenvalue weighted by Gasteiger charge is -2.14. The Morgan fingerprint density at radius 2 is 2.07 bits per heavy atom. The molecule has 1 atom stereocenters. The standard InChI is InChI=1S/C11H21N3O/c1-9(2)8-14-11(15)10(3)13-7-5-4-6-12/h9-10,13H,4-5,7-8H2,1-3H3,(H,14,15). The Kier molecular flexibility index (Phi) is 7.65. The van der Waals surface area contributed by atoms with Gasteiger partial charge in [0.2, 0.25) is 5.91 Å². The number of hydrogen-bond donors (Lipinski definition) is 2. The normalized spacial score (nSPS) is 12.2. The minimum atomic E-state index is -0.178. The Morgan fingerprint density at radius 1 is 1.40 bits per heavy atom. The smallest absolute Gasteiger partial charge is 0.236 e. The number of rotatable bonds is 7. The number of amides is 1. The van der Waals surface area contributed by atoms with E-state index >= 15 is 0 Å². The Balaban J connectivity index is 3.56. The van der Waals surface area contributed by atoms with Crippen LogP contribution in [0, 0.1) is 17.2 Å². The van der Waals surface area contributed by atoms with Crippen LogP contribution in [0.1, 0.15) is 33.6 Å². The molecule has 0 fully saturated rings. The van der Waals surface area contributed by atoms with Crippen molar-refractivity contribution in [1.82, 2.24) is 10.6 Å². The van der Waals surface area contributed by atoms with Crippen LogP contribution in [0.4, 0.5) is 0 Å². The third-order valence-corrected chi connectivity index (χ3v) is 1.99. The Bertz CT molecular complexity index is 220. The molecule has 0 aromatic carbocycles. The van der Waals surface area contributed by atoms with Crippen LogP contribution in [0.15, 0.2) is 0 Å². The van der Waals surface area contributed by atoms with E-state index in [1.807, 2.05) is 6.92 Å². The minimum absolute atomic E-state index is 0.0284. The summed E-state index contributed by atoms with van der Waals surface area (Å²) in [6, 6.07) is 1.89. The van der Waals surface area contributed by atoms with Crippen molar-refractivity contribution in [3.8, 4) is 6.07 Å². The van der Waals surface area contributed by atoms with E-state index in [0.29, 0.717) is 25.4 Å². The maximum Gasteiger partial charge on any atom is 0.236 e. The fraction of sp³-hybridized carbons (Fsp3) is 0.818. The molecule has 2 N–H and O–H groups in total. The predicted molar refractivity (Wildman–Crippen MR) is 60.2 cm³/mol. The van der Waals surface area contributed by atoms with Crippen molar-refractivity contribution in [2.24, 2.45) is 5.92 Å². The molecule has 1 amide bonds. The molecule has 0 aromatic rings.